The summed E-state index contributed by atoms with van der Waals surface area (Å²) in [6, 6.07) is 0. The second kappa shape index (κ2) is 10.4. The Morgan fingerprint density at radius 1 is 0.783 bits per heavy atom. The maximum Gasteiger partial charge on any atom is 0.306 e. The molecule has 0 aromatic rings. The van der Waals surface area contributed by atoms with Gasteiger partial charge < -0.3 is 5.11 Å². The average molecular weight is 323 g/mol. The SMILES string of the molecule is CCCCCCCCC1CCC(C2CCC(C(=O)O)CC2)CC1. The Labute approximate surface area is 143 Å². The Morgan fingerprint density at radius 3 is 1.87 bits per heavy atom. The van der Waals surface area contributed by atoms with Crippen LogP contribution >= 0.6 is 0 Å². The monoisotopic (exact) mass is 322 g/mol. The lowest BCUT2D eigenvalue weighted by atomic mass is 9.68. The minimum absolute atomic E-state index is 0.0460. The first-order valence-electron chi connectivity index (χ1n) is 10.4. The third kappa shape index (κ3) is 6.47. The molecule has 0 amide bonds. The highest BCUT2D eigenvalue weighted by molar-refractivity contribution is 5.69. The van der Waals surface area contributed by atoms with Crippen molar-refractivity contribution < 1.29 is 9.90 Å². The summed E-state index contributed by atoms with van der Waals surface area (Å²) < 4.78 is 0. The second-order valence-electron chi connectivity index (χ2n) is 8.29. The molecular weight excluding hydrogens is 284 g/mol. The van der Waals surface area contributed by atoms with Crippen molar-refractivity contribution in [1.82, 2.24) is 0 Å². The van der Waals surface area contributed by atoms with Crippen molar-refractivity contribution in [3.8, 4) is 0 Å². The van der Waals surface area contributed by atoms with Crippen molar-refractivity contribution >= 4 is 5.97 Å². The van der Waals surface area contributed by atoms with Crippen LogP contribution in [0.15, 0.2) is 0 Å². The maximum atomic E-state index is 11.1. The lowest BCUT2D eigenvalue weighted by Crippen LogP contribution is -2.28. The van der Waals surface area contributed by atoms with E-state index in [4.69, 9.17) is 5.11 Å². The summed E-state index contributed by atoms with van der Waals surface area (Å²) in [6.45, 7) is 2.28. The Balaban J connectivity index is 1.55. The highest BCUT2D eigenvalue weighted by Crippen LogP contribution is 2.42. The van der Waals surface area contributed by atoms with Gasteiger partial charge in [0.25, 0.3) is 0 Å². The van der Waals surface area contributed by atoms with E-state index in [0.29, 0.717) is 0 Å². The van der Waals surface area contributed by atoms with Crippen LogP contribution in [0.5, 0.6) is 0 Å². The van der Waals surface area contributed by atoms with Crippen molar-refractivity contribution in [1.29, 1.82) is 0 Å². The number of carbonyl (C=O) groups is 1. The number of carboxylic acids is 1. The summed E-state index contributed by atoms with van der Waals surface area (Å²) in [5, 5.41) is 9.12. The third-order valence-corrected chi connectivity index (χ3v) is 6.65. The number of unbranched alkanes of at least 4 members (excludes halogenated alkanes) is 5. The first-order chi connectivity index (χ1) is 11.2. The van der Waals surface area contributed by atoms with Crippen molar-refractivity contribution in [2.45, 2.75) is 103 Å². The topological polar surface area (TPSA) is 37.3 Å². The van der Waals surface area contributed by atoms with Gasteiger partial charge in [-0.05, 0) is 56.3 Å². The van der Waals surface area contributed by atoms with E-state index in [-0.39, 0.29) is 5.92 Å². The van der Waals surface area contributed by atoms with E-state index in [1.807, 2.05) is 0 Å². The largest absolute Gasteiger partial charge is 0.481 e. The molecule has 0 aromatic heterocycles. The number of rotatable bonds is 9. The van der Waals surface area contributed by atoms with Gasteiger partial charge in [-0.15, -0.1) is 0 Å². The molecule has 2 aliphatic rings. The van der Waals surface area contributed by atoms with Crippen LogP contribution in [0.1, 0.15) is 103 Å². The van der Waals surface area contributed by atoms with Gasteiger partial charge in [-0.3, -0.25) is 4.79 Å². The zero-order valence-electron chi connectivity index (χ0n) is 15.3. The van der Waals surface area contributed by atoms with Crippen molar-refractivity contribution in [3.05, 3.63) is 0 Å². The van der Waals surface area contributed by atoms with Gasteiger partial charge in [0, 0.05) is 0 Å². The Kier molecular flexibility index (Phi) is 8.47. The molecule has 2 fully saturated rings. The molecule has 0 bridgehead atoms. The van der Waals surface area contributed by atoms with E-state index >= 15 is 0 Å². The summed E-state index contributed by atoms with van der Waals surface area (Å²) >= 11 is 0. The van der Waals surface area contributed by atoms with Crippen molar-refractivity contribution in [2.75, 3.05) is 0 Å². The van der Waals surface area contributed by atoms with Crippen LogP contribution in [0.25, 0.3) is 0 Å². The first kappa shape index (κ1) is 18.8. The van der Waals surface area contributed by atoms with Gasteiger partial charge in [-0.2, -0.15) is 0 Å². The van der Waals surface area contributed by atoms with E-state index in [1.165, 1.54) is 83.5 Å². The summed E-state index contributed by atoms with van der Waals surface area (Å²) in [7, 11) is 0. The van der Waals surface area contributed by atoms with Crippen LogP contribution in [0, 0.1) is 23.7 Å². The highest BCUT2D eigenvalue weighted by Gasteiger charge is 2.32. The minimum atomic E-state index is -0.564. The van der Waals surface area contributed by atoms with Gasteiger partial charge in [0.1, 0.15) is 0 Å². The second-order valence-corrected chi connectivity index (χ2v) is 8.29. The van der Waals surface area contributed by atoms with E-state index in [1.54, 1.807) is 0 Å². The van der Waals surface area contributed by atoms with Crippen LogP contribution in [-0.4, -0.2) is 11.1 Å². The molecule has 0 spiro atoms. The quantitative estimate of drug-likeness (QED) is 0.496. The first-order valence-corrected chi connectivity index (χ1v) is 10.4. The average Bonchev–Trinajstić information content (AvgIpc) is 2.58. The zero-order valence-corrected chi connectivity index (χ0v) is 15.3. The van der Waals surface area contributed by atoms with Gasteiger partial charge in [-0.1, -0.05) is 64.7 Å². The molecule has 0 atom stereocenters. The maximum absolute atomic E-state index is 11.1. The molecule has 0 saturated heterocycles. The van der Waals surface area contributed by atoms with Crippen LogP contribution in [0.4, 0.5) is 0 Å². The normalized spacial score (nSPS) is 31.9. The van der Waals surface area contributed by atoms with Gasteiger partial charge in [0.15, 0.2) is 0 Å². The third-order valence-electron chi connectivity index (χ3n) is 6.65. The fourth-order valence-corrected chi connectivity index (χ4v) is 5.00. The molecular formula is C21H38O2. The molecule has 2 nitrogen and oxygen atoms in total. The van der Waals surface area contributed by atoms with E-state index in [2.05, 4.69) is 6.92 Å². The molecule has 0 aromatic carbocycles. The molecule has 23 heavy (non-hydrogen) atoms. The predicted octanol–water partition coefficient (Wildman–Crippen LogP) is 6.43. The van der Waals surface area contributed by atoms with Gasteiger partial charge in [0.2, 0.25) is 0 Å². The van der Waals surface area contributed by atoms with Crippen LogP contribution in [-0.2, 0) is 4.79 Å². The molecule has 0 aliphatic heterocycles. The molecule has 0 unspecified atom stereocenters. The number of hydrogen-bond acceptors (Lipinski definition) is 1. The van der Waals surface area contributed by atoms with E-state index in [9.17, 15) is 4.79 Å². The highest BCUT2D eigenvalue weighted by atomic mass is 16.4. The summed E-state index contributed by atoms with van der Waals surface area (Å²) in [6.07, 6.45) is 19.9. The Hall–Kier alpha value is -0.530. The zero-order chi connectivity index (χ0) is 16.5. The minimum Gasteiger partial charge on any atom is -0.481 e. The fourth-order valence-electron chi connectivity index (χ4n) is 5.00. The molecule has 0 heterocycles. The van der Waals surface area contributed by atoms with Crippen LogP contribution < -0.4 is 0 Å². The summed E-state index contributed by atoms with van der Waals surface area (Å²) in [5.41, 5.74) is 0. The fraction of sp³-hybridized carbons (Fsp3) is 0.952. The van der Waals surface area contributed by atoms with Gasteiger partial charge >= 0.3 is 5.97 Å². The molecule has 2 heteroatoms. The van der Waals surface area contributed by atoms with Gasteiger partial charge in [-0.25, -0.2) is 0 Å². The summed E-state index contributed by atoms with van der Waals surface area (Å²) in [5.74, 6) is 2.13. The van der Waals surface area contributed by atoms with Gasteiger partial charge in [0.05, 0.1) is 5.92 Å². The Morgan fingerprint density at radius 2 is 1.30 bits per heavy atom. The predicted molar refractivity (Wildman–Crippen MR) is 96.5 cm³/mol. The lowest BCUT2D eigenvalue weighted by Gasteiger charge is -2.37. The number of hydrogen-bond donors (Lipinski definition) is 1. The standard InChI is InChI=1S/C21H38O2/c1-2-3-4-5-6-7-8-17-9-11-18(12-10-17)19-13-15-20(16-14-19)21(22)23/h17-20H,2-16H2,1H3,(H,22,23). The summed E-state index contributed by atoms with van der Waals surface area (Å²) in [4.78, 5) is 11.1. The van der Waals surface area contributed by atoms with E-state index in [0.717, 1.165) is 30.6 Å². The molecule has 2 aliphatic carbocycles. The number of aliphatic carboxylic acids is 1. The molecule has 134 valence electrons. The molecule has 1 N–H and O–H groups in total. The lowest BCUT2D eigenvalue weighted by molar-refractivity contribution is -0.143. The Bertz CT molecular complexity index is 323. The molecule has 2 saturated carbocycles. The van der Waals surface area contributed by atoms with Crippen molar-refractivity contribution in [2.24, 2.45) is 23.7 Å². The smallest absolute Gasteiger partial charge is 0.306 e. The van der Waals surface area contributed by atoms with Crippen LogP contribution in [0.2, 0.25) is 0 Å². The van der Waals surface area contributed by atoms with E-state index < -0.39 is 5.97 Å². The number of carboxylic acid groups (broad SMARTS) is 1. The van der Waals surface area contributed by atoms with Crippen molar-refractivity contribution in [3.63, 3.8) is 0 Å². The molecule has 2 rings (SSSR count). The molecule has 0 radical (unpaired) electrons. The van der Waals surface area contributed by atoms with Crippen LogP contribution in [0.3, 0.4) is 0 Å².